The molecule has 0 aliphatic heterocycles. The van der Waals surface area contributed by atoms with E-state index in [0.717, 1.165) is 11.1 Å². The molecule has 0 amide bonds. The summed E-state index contributed by atoms with van der Waals surface area (Å²) in [5, 5.41) is 9.17. The number of aliphatic carboxylic acids is 1. The number of rotatable bonds is 2. The van der Waals surface area contributed by atoms with Crippen LogP contribution in [0.3, 0.4) is 0 Å². The molecule has 88 valence electrons. The Bertz CT molecular complexity index is 500. The Morgan fingerprint density at radius 3 is 2.82 bits per heavy atom. The van der Waals surface area contributed by atoms with Crippen LogP contribution in [-0.4, -0.2) is 16.9 Å². The number of carbonyl (C=O) groups excluding carboxylic acids is 1. The van der Waals surface area contributed by atoms with E-state index in [-0.39, 0.29) is 5.78 Å². The lowest BCUT2D eigenvalue weighted by Gasteiger charge is -2.20. The lowest BCUT2D eigenvalue weighted by Crippen LogP contribution is -2.21. The zero-order valence-corrected chi connectivity index (χ0v) is 9.64. The molecule has 0 heterocycles. The highest BCUT2D eigenvalue weighted by Gasteiger charge is 2.28. The van der Waals surface area contributed by atoms with Gasteiger partial charge in [0.1, 0.15) is 0 Å². The Balaban J connectivity index is 2.45. The summed E-state index contributed by atoms with van der Waals surface area (Å²) >= 11 is 0. The zero-order chi connectivity index (χ0) is 12.4. The molecule has 1 aliphatic carbocycles. The molecular formula is C14H14O3. The van der Waals surface area contributed by atoms with Gasteiger partial charge in [-0.1, -0.05) is 29.8 Å². The van der Waals surface area contributed by atoms with Crippen molar-refractivity contribution in [1.82, 2.24) is 0 Å². The molecular weight excluding hydrogens is 216 g/mol. The van der Waals surface area contributed by atoms with E-state index >= 15 is 0 Å². The zero-order valence-electron chi connectivity index (χ0n) is 9.64. The Morgan fingerprint density at radius 2 is 2.18 bits per heavy atom. The largest absolute Gasteiger partial charge is 0.481 e. The predicted molar refractivity (Wildman–Crippen MR) is 64.5 cm³/mol. The monoisotopic (exact) mass is 230 g/mol. The summed E-state index contributed by atoms with van der Waals surface area (Å²) in [6, 6.07) is 7.60. The smallest absolute Gasteiger partial charge is 0.311 e. The van der Waals surface area contributed by atoms with Crippen LogP contribution in [0.5, 0.6) is 0 Å². The Morgan fingerprint density at radius 1 is 1.41 bits per heavy atom. The second-order valence-electron chi connectivity index (χ2n) is 4.36. The van der Waals surface area contributed by atoms with Gasteiger partial charge >= 0.3 is 5.97 Å². The van der Waals surface area contributed by atoms with E-state index in [0.29, 0.717) is 18.4 Å². The van der Waals surface area contributed by atoms with E-state index in [1.165, 1.54) is 6.08 Å². The lowest BCUT2D eigenvalue weighted by molar-refractivity contribution is -0.140. The van der Waals surface area contributed by atoms with Crippen molar-refractivity contribution in [2.45, 2.75) is 19.8 Å². The number of carboxylic acid groups (broad SMARTS) is 1. The van der Waals surface area contributed by atoms with Gasteiger partial charge < -0.3 is 5.11 Å². The fourth-order valence-electron chi connectivity index (χ4n) is 2.15. The van der Waals surface area contributed by atoms with Gasteiger partial charge in [0.15, 0.2) is 5.78 Å². The van der Waals surface area contributed by atoms with Gasteiger partial charge in [0.25, 0.3) is 0 Å². The standard InChI is InChI=1S/C14H14O3/c1-9-3-2-4-10(7-9)13-8-11(15)5-6-12(13)14(16)17/h2-4,7-8,12H,5-6H2,1H3,(H,16,17). The molecule has 0 spiro atoms. The van der Waals surface area contributed by atoms with Gasteiger partial charge in [-0.05, 0) is 30.6 Å². The number of carbonyl (C=O) groups is 2. The summed E-state index contributed by atoms with van der Waals surface area (Å²) in [4.78, 5) is 22.6. The summed E-state index contributed by atoms with van der Waals surface area (Å²) in [5.41, 5.74) is 2.54. The molecule has 17 heavy (non-hydrogen) atoms. The normalized spacial score (nSPS) is 19.9. The van der Waals surface area contributed by atoms with Crippen molar-refractivity contribution in [3.05, 3.63) is 41.5 Å². The number of carboxylic acids is 1. The van der Waals surface area contributed by atoms with Crippen molar-refractivity contribution in [1.29, 1.82) is 0 Å². The molecule has 3 nitrogen and oxygen atoms in total. The maximum Gasteiger partial charge on any atom is 0.311 e. The molecule has 1 aliphatic rings. The molecule has 0 radical (unpaired) electrons. The number of benzene rings is 1. The highest BCUT2D eigenvalue weighted by Crippen LogP contribution is 2.31. The number of aryl methyl sites for hydroxylation is 1. The van der Waals surface area contributed by atoms with Crippen LogP contribution >= 0.6 is 0 Å². The van der Waals surface area contributed by atoms with Crippen LogP contribution in [0.1, 0.15) is 24.0 Å². The van der Waals surface area contributed by atoms with Crippen LogP contribution in [0, 0.1) is 12.8 Å². The van der Waals surface area contributed by atoms with Crippen LogP contribution in [0.15, 0.2) is 30.3 Å². The summed E-state index contributed by atoms with van der Waals surface area (Å²) in [6.07, 6.45) is 2.21. The van der Waals surface area contributed by atoms with Crippen molar-refractivity contribution >= 4 is 17.3 Å². The first-order valence-corrected chi connectivity index (χ1v) is 5.62. The van der Waals surface area contributed by atoms with Crippen LogP contribution in [0.4, 0.5) is 0 Å². The summed E-state index contributed by atoms with van der Waals surface area (Å²) in [6.45, 7) is 1.95. The maximum absolute atomic E-state index is 11.4. The number of allylic oxidation sites excluding steroid dienone is 1. The molecule has 1 atom stereocenters. The minimum atomic E-state index is -0.856. The predicted octanol–water partition coefficient (Wildman–Crippen LogP) is 2.44. The number of ketones is 1. The van der Waals surface area contributed by atoms with Crippen molar-refractivity contribution < 1.29 is 14.7 Å². The van der Waals surface area contributed by atoms with E-state index in [1.54, 1.807) is 0 Å². The quantitative estimate of drug-likeness (QED) is 0.849. The molecule has 0 aromatic heterocycles. The summed E-state index contributed by atoms with van der Waals surface area (Å²) < 4.78 is 0. The second-order valence-corrected chi connectivity index (χ2v) is 4.36. The van der Waals surface area contributed by atoms with E-state index in [1.807, 2.05) is 31.2 Å². The average Bonchev–Trinajstić information content (AvgIpc) is 2.28. The number of hydrogen-bond donors (Lipinski definition) is 1. The molecule has 2 rings (SSSR count). The third-order valence-corrected chi connectivity index (χ3v) is 3.02. The first-order chi connectivity index (χ1) is 8.08. The van der Waals surface area contributed by atoms with Crippen LogP contribution in [0.25, 0.3) is 5.57 Å². The van der Waals surface area contributed by atoms with Crippen LogP contribution < -0.4 is 0 Å². The molecule has 0 fully saturated rings. The minimum absolute atomic E-state index is 0.0130. The summed E-state index contributed by atoms with van der Waals surface area (Å²) in [7, 11) is 0. The molecule has 0 saturated heterocycles. The fraction of sp³-hybridized carbons (Fsp3) is 0.286. The molecule has 3 heteroatoms. The van der Waals surface area contributed by atoms with Gasteiger partial charge in [0.05, 0.1) is 5.92 Å². The van der Waals surface area contributed by atoms with E-state index in [2.05, 4.69) is 0 Å². The van der Waals surface area contributed by atoms with E-state index in [9.17, 15) is 14.7 Å². The second kappa shape index (κ2) is 4.53. The third-order valence-electron chi connectivity index (χ3n) is 3.02. The SMILES string of the molecule is Cc1cccc(C2=CC(=O)CCC2C(=O)O)c1. The van der Waals surface area contributed by atoms with Gasteiger partial charge in [-0.15, -0.1) is 0 Å². The summed E-state index contributed by atoms with van der Waals surface area (Å²) in [5.74, 6) is -1.40. The molecule has 0 saturated carbocycles. The molecule has 1 aromatic carbocycles. The molecule has 1 unspecified atom stereocenters. The van der Waals surface area contributed by atoms with Crippen molar-refractivity contribution in [3.63, 3.8) is 0 Å². The first-order valence-electron chi connectivity index (χ1n) is 5.62. The van der Waals surface area contributed by atoms with Gasteiger partial charge in [0.2, 0.25) is 0 Å². The minimum Gasteiger partial charge on any atom is -0.481 e. The van der Waals surface area contributed by atoms with Gasteiger partial charge in [-0.25, -0.2) is 0 Å². The molecule has 0 bridgehead atoms. The Kier molecular flexibility index (Phi) is 3.09. The van der Waals surface area contributed by atoms with E-state index < -0.39 is 11.9 Å². The Labute approximate surface area is 99.8 Å². The van der Waals surface area contributed by atoms with Gasteiger partial charge in [-0.2, -0.15) is 0 Å². The fourth-order valence-corrected chi connectivity index (χ4v) is 2.15. The molecule has 1 N–H and O–H groups in total. The average molecular weight is 230 g/mol. The van der Waals surface area contributed by atoms with Gasteiger partial charge in [-0.3, -0.25) is 9.59 Å². The third kappa shape index (κ3) is 2.44. The Hall–Kier alpha value is -1.90. The van der Waals surface area contributed by atoms with Gasteiger partial charge in [0, 0.05) is 6.42 Å². The molecule has 1 aromatic rings. The number of hydrogen-bond acceptors (Lipinski definition) is 2. The highest BCUT2D eigenvalue weighted by molar-refractivity contribution is 6.03. The van der Waals surface area contributed by atoms with Crippen molar-refractivity contribution in [2.24, 2.45) is 5.92 Å². The van der Waals surface area contributed by atoms with Crippen LogP contribution in [0.2, 0.25) is 0 Å². The highest BCUT2D eigenvalue weighted by atomic mass is 16.4. The van der Waals surface area contributed by atoms with Crippen molar-refractivity contribution in [2.75, 3.05) is 0 Å². The van der Waals surface area contributed by atoms with Crippen LogP contribution in [-0.2, 0) is 9.59 Å². The maximum atomic E-state index is 11.4. The lowest BCUT2D eigenvalue weighted by atomic mass is 9.83. The first kappa shape index (κ1) is 11.6. The van der Waals surface area contributed by atoms with E-state index in [4.69, 9.17) is 0 Å². The topological polar surface area (TPSA) is 54.4 Å². The van der Waals surface area contributed by atoms with Crippen molar-refractivity contribution in [3.8, 4) is 0 Å².